The maximum atomic E-state index is 13.0. The van der Waals surface area contributed by atoms with Crippen molar-refractivity contribution in [3.63, 3.8) is 0 Å². The van der Waals surface area contributed by atoms with Crippen molar-refractivity contribution in [2.75, 3.05) is 31.5 Å². The first kappa shape index (κ1) is 13.3. The number of anilines is 1. The van der Waals surface area contributed by atoms with Gasteiger partial charge in [0.1, 0.15) is 5.82 Å². The fraction of sp³-hybridized carbons (Fsp3) is 0.600. The van der Waals surface area contributed by atoms with Crippen molar-refractivity contribution in [2.24, 2.45) is 5.41 Å². The van der Waals surface area contributed by atoms with Crippen LogP contribution in [-0.4, -0.2) is 31.1 Å². The molecule has 3 heteroatoms. The molecule has 1 fully saturated rings. The molecule has 0 unspecified atom stereocenters. The Morgan fingerprint density at radius 2 is 2.00 bits per heavy atom. The van der Waals surface area contributed by atoms with E-state index in [2.05, 4.69) is 24.1 Å². The predicted octanol–water partition coefficient (Wildman–Crippen LogP) is 3.36. The van der Waals surface area contributed by atoms with Crippen LogP contribution in [0.15, 0.2) is 24.3 Å². The first-order chi connectivity index (χ1) is 8.55. The minimum atomic E-state index is -0.181. The van der Waals surface area contributed by atoms with Gasteiger partial charge in [0, 0.05) is 18.8 Å². The van der Waals surface area contributed by atoms with Crippen molar-refractivity contribution in [3.8, 4) is 0 Å². The fourth-order valence-electron chi connectivity index (χ4n) is 2.34. The van der Waals surface area contributed by atoms with Gasteiger partial charge in [-0.2, -0.15) is 0 Å². The second-order valence-electron chi connectivity index (χ2n) is 5.94. The summed E-state index contributed by atoms with van der Waals surface area (Å²) in [6, 6.07) is 6.65. The van der Waals surface area contributed by atoms with Gasteiger partial charge in [-0.25, -0.2) is 4.39 Å². The van der Waals surface area contributed by atoms with Crippen molar-refractivity contribution in [2.45, 2.75) is 26.7 Å². The third kappa shape index (κ3) is 3.98. The zero-order chi connectivity index (χ0) is 13.0. The zero-order valence-corrected chi connectivity index (χ0v) is 11.4. The van der Waals surface area contributed by atoms with Gasteiger partial charge in [-0.05, 0) is 49.5 Å². The number of nitrogens with one attached hydrogen (secondary N) is 1. The van der Waals surface area contributed by atoms with Crippen LogP contribution in [-0.2, 0) is 0 Å². The van der Waals surface area contributed by atoms with Crippen LogP contribution >= 0.6 is 0 Å². The number of benzene rings is 1. The first-order valence-electron chi connectivity index (χ1n) is 6.77. The van der Waals surface area contributed by atoms with Gasteiger partial charge in [-0.1, -0.05) is 19.9 Å². The predicted molar refractivity (Wildman–Crippen MR) is 74.3 cm³/mol. The number of likely N-dealkylation sites (tertiary alicyclic amines) is 1. The molecule has 0 aliphatic carbocycles. The number of halogens is 1. The van der Waals surface area contributed by atoms with Crippen LogP contribution < -0.4 is 5.32 Å². The second-order valence-corrected chi connectivity index (χ2v) is 5.94. The summed E-state index contributed by atoms with van der Waals surface area (Å²) in [4.78, 5) is 2.48. The standard InChI is InChI=1S/C15H23FN2/c1-15(2)6-9-18(10-7-15)11-8-17-14-5-3-4-13(16)12-14/h3-5,12,17H,6-11H2,1-2H3. The summed E-state index contributed by atoms with van der Waals surface area (Å²) >= 11 is 0. The Kier molecular flexibility index (Phi) is 4.23. The normalized spacial score (nSPS) is 19.7. The van der Waals surface area contributed by atoms with E-state index in [9.17, 15) is 4.39 Å². The maximum Gasteiger partial charge on any atom is 0.125 e. The number of piperidine rings is 1. The topological polar surface area (TPSA) is 15.3 Å². The molecule has 1 heterocycles. The van der Waals surface area contributed by atoms with Crippen LogP contribution in [0.1, 0.15) is 26.7 Å². The highest BCUT2D eigenvalue weighted by Gasteiger charge is 2.24. The molecule has 1 N–H and O–H groups in total. The van der Waals surface area contributed by atoms with E-state index in [4.69, 9.17) is 0 Å². The van der Waals surface area contributed by atoms with Gasteiger partial charge >= 0.3 is 0 Å². The van der Waals surface area contributed by atoms with E-state index in [-0.39, 0.29) is 5.82 Å². The van der Waals surface area contributed by atoms with Gasteiger partial charge < -0.3 is 10.2 Å². The summed E-state index contributed by atoms with van der Waals surface area (Å²) in [6.45, 7) is 8.96. The van der Waals surface area contributed by atoms with Crippen LogP contribution in [0.3, 0.4) is 0 Å². The van der Waals surface area contributed by atoms with Crippen molar-refractivity contribution in [3.05, 3.63) is 30.1 Å². The highest BCUT2D eigenvalue weighted by atomic mass is 19.1. The lowest BCUT2D eigenvalue weighted by Crippen LogP contribution is -2.39. The lowest BCUT2D eigenvalue weighted by Gasteiger charge is -2.36. The van der Waals surface area contributed by atoms with Gasteiger partial charge in [-0.15, -0.1) is 0 Å². The minimum Gasteiger partial charge on any atom is -0.384 e. The van der Waals surface area contributed by atoms with Crippen molar-refractivity contribution < 1.29 is 4.39 Å². The van der Waals surface area contributed by atoms with Crippen LogP contribution in [0.25, 0.3) is 0 Å². The molecule has 0 aromatic heterocycles. The Labute approximate surface area is 109 Å². The van der Waals surface area contributed by atoms with Crippen molar-refractivity contribution in [1.29, 1.82) is 0 Å². The average molecular weight is 250 g/mol. The van der Waals surface area contributed by atoms with Gasteiger partial charge in [0.05, 0.1) is 0 Å². The Morgan fingerprint density at radius 3 is 2.67 bits per heavy atom. The molecule has 1 saturated heterocycles. The molecule has 1 aliphatic rings. The van der Waals surface area contributed by atoms with Crippen LogP contribution in [0.5, 0.6) is 0 Å². The van der Waals surface area contributed by atoms with E-state index in [1.165, 1.54) is 32.0 Å². The van der Waals surface area contributed by atoms with Crippen molar-refractivity contribution >= 4 is 5.69 Å². The Morgan fingerprint density at radius 1 is 1.28 bits per heavy atom. The largest absolute Gasteiger partial charge is 0.384 e. The molecule has 0 bridgehead atoms. The first-order valence-corrected chi connectivity index (χ1v) is 6.77. The molecule has 1 aliphatic heterocycles. The minimum absolute atomic E-state index is 0.181. The van der Waals surface area contributed by atoms with E-state index in [0.717, 1.165) is 18.8 Å². The van der Waals surface area contributed by atoms with Crippen molar-refractivity contribution in [1.82, 2.24) is 4.90 Å². The van der Waals surface area contributed by atoms with Gasteiger partial charge in [-0.3, -0.25) is 0 Å². The maximum absolute atomic E-state index is 13.0. The Hall–Kier alpha value is -1.09. The molecular weight excluding hydrogens is 227 g/mol. The molecule has 100 valence electrons. The summed E-state index contributed by atoms with van der Waals surface area (Å²) in [5, 5.41) is 3.27. The molecule has 2 rings (SSSR count). The molecular formula is C15H23FN2. The van der Waals surface area contributed by atoms with E-state index < -0.39 is 0 Å². The van der Waals surface area contributed by atoms with Crippen LogP contribution in [0.2, 0.25) is 0 Å². The number of hydrogen-bond acceptors (Lipinski definition) is 2. The van der Waals surface area contributed by atoms with E-state index in [1.54, 1.807) is 12.1 Å². The molecule has 0 spiro atoms. The molecule has 0 amide bonds. The second kappa shape index (κ2) is 5.70. The smallest absolute Gasteiger partial charge is 0.125 e. The number of hydrogen-bond donors (Lipinski definition) is 1. The lowest BCUT2D eigenvalue weighted by atomic mass is 9.83. The average Bonchev–Trinajstić information content (AvgIpc) is 2.31. The van der Waals surface area contributed by atoms with Gasteiger partial charge in [0.25, 0.3) is 0 Å². The molecule has 0 saturated carbocycles. The Bertz CT molecular complexity index is 380. The molecule has 0 atom stereocenters. The summed E-state index contributed by atoms with van der Waals surface area (Å²) < 4.78 is 13.0. The molecule has 1 aromatic rings. The highest BCUT2D eigenvalue weighted by molar-refractivity contribution is 5.42. The molecule has 2 nitrogen and oxygen atoms in total. The SMILES string of the molecule is CC1(C)CCN(CCNc2cccc(F)c2)CC1. The van der Waals surface area contributed by atoms with E-state index in [1.807, 2.05) is 6.07 Å². The monoisotopic (exact) mass is 250 g/mol. The quantitative estimate of drug-likeness (QED) is 0.881. The summed E-state index contributed by atoms with van der Waals surface area (Å²) in [5.41, 5.74) is 1.37. The third-order valence-corrected chi connectivity index (χ3v) is 3.79. The van der Waals surface area contributed by atoms with Gasteiger partial charge in [0.2, 0.25) is 0 Å². The Balaban J connectivity index is 1.70. The number of nitrogens with zero attached hydrogens (tertiary/aromatic N) is 1. The van der Waals surface area contributed by atoms with Crippen LogP contribution in [0.4, 0.5) is 10.1 Å². The van der Waals surface area contributed by atoms with Crippen LogP contribution in [0, 0.1) is 11.2 Å². The molecule has 18 heavy (non-hydrogen) atoms. The lowest BCUT2D eigenvalue weighted by molar-refractivity contribution is 0.137. The highest BCUT2D eigenvalue weighted by Crippen LogP contribution is 2.29. The van der Waals surface area contributed by atoms with E-state index >= 15 is 0 Å². The third-order valence-electron chi connectivity index (χ3n) is 3.79. The molecule has 0 radical (unpaired) electrons. The number of rotatable bonds is 4. The van der Waals surface area contributed by atoms with E-state index in [0.29, 0.717) is 5.41 Å². The summed E-state index contributed by atoms with van der Waals surface area (Å²) in [7, 11) is 0. The fourth-order valence-corrected chi connectivity index (χ4v) is 2.34. The molecule has 1 aromatic carbocycles. The summed E-state index contributed by atoms with van der Waals surface area (Å²) in [6.07, 6.45) is 2.54. The van der Waals surface area contributed by atoms with Gasteiger partial charge in [0.15, 0.2) is 0 Å². The zero-order valence-electron chi connectivity index (χ0n) is 11.4. The summed E-state index contributed by atoms with van der Waals surface area (Å²) in [5.74, 6) is -0.181.